The predicted octanol–water partition coefficient (Wildman–Crippen LogP) is -3.24. The third-order valence-corrected chi connectivity index (χ3v) is 7.30. The number of phenols is 3. The molecule has 11 N–H and O–H groups in total. The minimum atomic E-state index is -1.89. The molecule has 2 saturated heterocycles. The van der Waals surface area contributed by atoms with Crippen molar-refractivity contribution in [3.63, 3.8) is 0 Å². The molecule has 1 aromatic heterocycles. The van der Waals surface area contributed by atoms with Gasteiger partial charge in [0.1, 0.15) is 83.0 Å². The van der Waals surface area contributed by atoms with Gasteiger partial charge in [0.15, 0.2) is 11.5 Å². The second kappa shape index (κ2) is 10.8. The van der Waals surface area contributed by atoms with Crippen LogP contribution in [0.3, 0.4) is 0 Å². The Morgan fingerprint density at radius 2 is 1.32 bits per heavy atom. The van der Waals surface area contributed by atoms with Gasteiger partial charge < -0.3 is 74.8 Å². The van der Waals surface area contributed by atoms with E-state index in [4.69, 9.17) is 18.6 Å². The summed E-state index contributed by atoms with van der Waals surface area (Å²) in [4.78, 5) is 13.4. The van der Waals surface area contributed by atoms with Gasteiger partial charge in [-0.3, -0.25) is 4.79 Å². The van der Waals surface area contributed by atoms with Crippen molar-refractivity contribution < 1.29 is 74.8 Å². The summed E-state index contributed by atoms with van der Waals surface area (Å²) in [6, 6.07) is 2.84. The zero-order valence-electron chi connectivity index (χ0n) is 20.9. The second-order valence-electron chi connectivity index (χ2n) is 9.84. The first-order valence-corrected chi connectivity index (χ1v) is 12.4. The van der Waals surface area contributed by atoms with Crippen LogP contribution in [0.15, 0.2) is 27.4 Å². The van der Waals surface area contributed by atoms with Crippen LogP contribution in [0.2, 0.25) is 0 Å². The van der Waals surface area contributed by atoms with Gasteiger partial charge in [0, 0.05) is 12.1 Å². The summed E-state index contributed by atoms with van der Waals surface area (Å²) in [5.74, 6) is -2.72. The third kappa shape index (κ3) is 4.73. The van der Waals surface area contributed by atoms with E-state index >= 15 is 0 Å². The van der Waals surface area contributed by atoms with Crippen LogP contribution in [0.5, 0.6) is 23.0 Å². The highest BCUT2D eigenvalue weighted by Gasteiger charge is 2.47. The molecule has 2 aromatic carbocycles. The van der Waals surface area contributed by atoms with Crippen LogP contribution in [0, 0.1) is 0 Å². The summed E-state index contributed by atoms with van der Waals surface area (Å²) < 4.78 is 21.7. The smallest absolute Gasteiger partial charge is 0.229 e. The molecule has 0 spiro atoms. The molecule has 0 radical (unpaired) electrons. The summed E-state index contributed by atoms with van der Waals surface area (Å²) in [7, 11) is 0. The fraction of sp³-hybridized carbons (Fsp3) is 0.480. The van der Waals surface area contributed by atoms with Gasteiger partial charge >= 0.3 is 0 Å². The fourth-order valence-electron chi connectivity index (χ4n) is 5.02. The van der Waals surface area contributed by atoms with Gasteiger partial charge in [0.2, 0.25) is 11.7 Å². The summed E-state index contributed by atoms with van der Waals surface area (Å²) in [6.07, 6.45) is -16.7. The van der Waals surface area contributed by atoms with E-state index in [1.807, 2.05) is 0 Å². The number of hydrogen-bond donors (Lipinski definition) is 11. The fourth-order valence-corrected chi connectivity index (χ4v) is 5.02. The van der Waals surface area contributed by atoms with Gasteiger partial charge in [-0.15, -0.1) is 0 Å². The van der Waals surface area contributed by atoms with E-state index in [0.29, 0.717) is 0 Å². The lowest BCUT2D eigenvalue weighted by molar-refractivity contribution is -0.277. The zero-order valence-corrected chi connectivity index (χ0v) is 20.9. The van der Waals surface area contributed by atoms with Gasteiger partial charge in [0.25, 0.3) is 0 Å². The summed E-state index contributed by atoms with van der Waals surface area (Å²) in [5.41, 5.74) is -2.05. The quantitative estimate of drug-likeness (QED) is 0.131. The predicted molar refractivity (Wildman–Crippen MR) is 132 cm³/mol. The molecule has 0 saturated carbocycles. The Balaban J connectivity index is 1.57. The van der Waals surface area contributed by atoms with Crippen molar-refractivity contribution in [3.8, 4) is 23.0 Å². The lowest BCUT2D eigenvalue weighted by atomic mass is 9.89. The Kier molecular flexibility index (Phi) is 7.72. The van der Waals surface area contributed by atoms with Gasteiger partial charge in [-0.25, -0.2) is 0 Å². The summed E-state index contributed by atoms with van der Waals surface area (Å²) in [5, 5.41) is 111. The molecule has 224 valence electrons. The summed E-state index contributed by atoms with van der Waals surface area (Å²) >= 11 is 0. The molecule has 3 aromatic rings. The molecular formula is C25H28O16. The number of rotatable bonds is 5. The Bertz CT molecular complexity index is 1500. The van der Waals surface area contributed by atoms with E-state index < -0.39 is 114 Å². The SMILES string of the molecule is O=c1c2cc(O)c(O[C@@H]3O[C@H](CO)[C@@H](O)[C@H](O)[C@H]3O)cc2oc2cc(O)c([C@@H]3O[C@H](CO)[C@@H](O)[C@H](O)[C@H]3O)c(O)c12. The number of aliphatic hydroxyl groups excluding tert-OH is 8. The van der Waals surface area contributed by atoms with Crippen LogP contribution in [0.1, 0.15) is 11.7 Å². The van der Waals surface area contributed by atoms with Crippen LogP contribution >= 0.6 is 0 Å². The number of aliphatic hydroxyl groups is 8. The Morgan fingerprint density at radius 3 is 1.95 bits per heavy atom. The molecule has 3 heterocycles. The molecule has 10 atom stereocenters. The number of hydrogen-bond acceptors (Lipinski definition) is 16. The monoisotopic (exact) mass is 584 g/mol. The highest BCUT2D eigenvalue weighted by atomic mass is 16.7. The average Bonchev–Trinajstić information content (AvgIpc) is 2.93. The maximum atomic E-state index is 13.4. The number of benzene rings is 2. The van der Waals surface area contributed by atoms with Crippen LogP contribution in [-0.4, -0.2) is 125 Å². The molecule has 2 aliphatic rings. The molecule has 0 unspecified atom stereocenters. The van der Waals surface area contributed by atoms with Crippen LogP contribution < -0.4 is 10.2 Å². The molecule has 0 bridgehead atoms. The van der Waals surface area contributed by atoms with E-state index in [1.165, 1.54) is 0 Å². The molecule has 5 rings (SSSR count). The zero-order chi connectivity index (χ0) is 29.9. The van der Waals surface area contributed by atoms with Crippen LogP contribution in [0.4, 0.5) is 0 Å². The van der Waals surface area contributed by atoms with Crippen molar-refractivity contribution in [2.24, 2.45) is 0 Å². The highest BCUT2D eigenvalue weighted by molar-refractivity contribution is 5.96. The number of aromatic hydroxyl groups is 3. The Labute approximate surface area is 228 Å². The highest BCUT2D eigenvalue weighted by Crippen LogP contribution is 2.45. The van der Waals surface area contributed by atoms with Gasteiger partial charge in [-0.1, -0.05) is 0 Å². The largest absolute Gasteiger partial charge is 0.507 e. The van der Waals surface area contributed by atoms with Crippen LogP contribution in [0.25, 0.3) is 21.9 Å². The van der Waals surface area contributed by atoms with E-state index in [2.05, 4.69) is 0 Å². The van der Waals surface area contributed by atoms with E-state index in [-0.39, 0.29) is 16.6 Å². The lowest BCUT2D eigenvalue weighted by Gasteiger charge is -2.40. The Hall–Kier alpha value is -3.29. The van der Waals surface area contributed by atoms with Crippen molar-refractivity contribution >= 4 is 21.9 Å². The molecule has 2 aliphatic heterocycles. The topological polar surface area (TPSA) is 280 Å². The van der Waals surface area contributed by atoms with Crippen molar-refractivity contribution in [3.05, 3.63) is 34.0 Å². The molecule has 16 heteroatoms. The van der Waals surface area contributed by atoms with Crippen molar-refractivity contribution in [1.29, 1.82) is 0 Å². The third-order valence-electron chi connectivity index (χ3n) is 7.30. The molecule has 41 heavy (non-hydrogen) atoms. The van der Waals surface area contributed by atoms with E-state index in [9.17, 15) is 61.0 Å². The molecule has 16 nitrogen and oxygen atoms in total. The van der Waals surface area contributed by atoms with Gasteiger partial charge in [0.05, 0.1) is 24.2 Å². The molecule has 2 fully saturated rings. The normalized spacial score (nSPS) is 34.2. The molecular weight excluding hydrogens is 556 g/mol. The maximum Gasteiger partial charge on any atom is 0.229 e. The van der Waals surface area contributed by atoms with Gasteiger partial charge in [-0.2, -0.15) is 0 Å². The maximum absolute atomic E-state index is 13.4. The van der Waals surface area contributed by atoms with Crippen LogP contribution in [-0.2, 0) is 9.47 Å². The summed E-state index contributed by atoms with van der Waals surface area (Å²) in [6.45, 7) is -1.51. The number of ether oxygens (including phenoxy) is 3. The first kappa shape index (κ1) is 29.2. The van der Waals surface area contributed by atoms with Crippen molar-refractivity contribution in [2.75, 3.05) is 13.2 Å². The standard InChI is InChI=1S/C25H28O16/c26-4-12-17(31)20(34)22(36)24(39-12)14-8(29)2-11-15(19(14)33)16(30)6-1-7(28)10(3-9(6)38-11)40-25-23(37)21(35)18(32)13(5-27)41-25/h1-3,12-13,17-18,20-29,31-37H,4-5H2/t12-,13-,17-,18-,20+,21+,22-,23-,24+,25-/m1/s1. The van der Waals surface area contributed by atoms with Crippen molar-refractivity contribution in [1.82, 2.24) is 0 Å². The average molecular weight is 584 g/mol. The lowest BCUT2D eigenvalue weighted by Crippen LogP contribution is -2.60. The van der Waals surface area contributed by atoms with Gasteiger partial charge in [-0.05, 0) is 6.07 Å². The number of phenolic OH excluding ortho intramolecular Hbond substituents is 3. The molecule has 0 aliphatic carbocycles. The second-order valence-corrected chi connectivity index (χ2v) is 9.84. The first-order valence-electron chi connectivity index (χ1n) is 12.4. The minimum Gasteiger partial charge on any atom is -0.507 e. The van der Waals surface area contributed by atoms with E-state index in [1.54, 1.807) is 0 Å². The minimum absolute atomic E-state index is 0.237. The molecule has 0 amide bonds. The van der Waals surface area contributed by atoms with Crippen molar-refractivity contribution in [2.45, 2.75) is 61.2 Å². The number of fused-ring (bicyclic) bond motifs is 2. The van der Waals surface area contributed by atoms with E-state index in [0.717, 1.165) is 18.2 Å². The Morgan fingerprint density at radius 1 is 0.707 bits per heavy atom. The first-order chi connectivity index (χ1) is 19.4.